The SMILES string of the molecule is C[C@H]1CC[C@@]2(OC1)O[C@H]1C[C@H]3[C@@H]4CC[C@@H]5C[C@@H](O[C@@H]6O[C@H](CO)[C@@H](O[C@@H]7OC[C@H](O)[C@H](O)[C@H]7O)[C@H](O)[C@H]6O[C@@H]6O[C@@H](C)[C@H](O)[C@@H](O)[C@H]6O)CC[C@]5(C)[C@H]4CC[C@]3(C)[C@H]1[C@@H]2C. The van der Waals surface area contributed by atoms with Crippen molar-refractivity contribution in [3.05, 3.63) is 0 Å². The van der Waals surface area contributed by atoms with Crippen LogP contribution in [0.15, 0.2) is 0 Å². The fraction of sp³-hybridized carbons (Fsp3) is 1.00. The summed E-state index contributed by atoms with van der Waals surface area (Å²) in [6.07, 6.45) is -9.85. The molecule has 26 atom stereocenters. The van der Waals surface area contributed by atoms with E-state index in [0.717, 1.165) is 58.0 Å². The van der Waals surface area contributed by atoms with E-state index >= 15 is 0 Å². The molecule has 1 spiro atoms. The van der Waals surface area contributed by atoms with Gasteiger partial charge in [0.15, 0.2) is 24.7 Å². The van der Waals surface area contributed by atoms with Gasteiger partial charge in [-0.15, -0.1) is 0 Å². The molecule has 5 saturated heterocycles. The standard InChI is InChI=1S/C44H72O16/c1-19-8-13-44(54-17-19)20(2)30-28(60-44)15-26-24-7-6-22-14-23(9-11-42(22,4)25(24)10-12-43(26,30)5)56-41-38(59-40-35(51)33(49)31(47)21(3)55-40)36(52)37(29(16-45)57-41)58-39-34(50)32(48)27(46)18-53-39/h19-41,45-52H,6-18H2,1-5H3/t19-,20-,21-,22+,23-,24+,25-,26-,27-,28-,29+,30-,31-,32-,33+,34+,35+,36-,37+,38+,39-,40-,41+,42-,43-,44+/m0/s1. The van der Waals surface area contributed by atoms with Crippen molar-refractivity contribution in [2.75, 3.05) is 19.8 Å². The van der Waals surface area contributed by atoms with Crippen LogP contribution in [0.3, 0.4) is 0 Å². The molecule has 0 bridgehead atoms. The Hall–Kier alpha value is -0.640. The molecule has 0 aromatic carbocycles. The first-order valence-electron chi connectivity index (χ1n) is 23.1. The molecular formula is C44H72O16. The normalized spacial score (nSPS) is 59.2. The van der Waals surface area contributed by atoms with Gasteiger partial charge in [0, 0.05) is 12.3 Å². The molecule has 4 saturated carbocycles. The molecule has 0 aromatic rings. The van der Waals surface area contributed by atoms with Gasteiger partial charge in [0.2, 0.25) is 0 Å². The second-order valence-electron chi connectivity index (χ2n) is 21.1. The van der Waals surface area contributed by atoms with Gasteiger partial charge in [0.25, 0.3) is 0 Å². The zero-order valence-electron chi connectivity index (χ0n) is 35.8. The molecule has 60 heavy (non-hydrogen) atoms. The summed E-state index contributed by atoms with van der Waals surface area (Å²) in [4.78, 5) is 0. The molecule has 9 rings (SSSR count). The monoisotopic (exact) mass is 856 g/mol. The molecule has 5 heterocycles. The van der Waals surface area contributed by atoms with Crippen LogP contribution in [0.2, 0.25) is 0 Å². The predicted molar refractivity (Wildman–Crippen MR) is 208 cm³/mol. The highest BCUT2D eigenvalue weighted by Crippen LogP contribution is 2.71. The predicted octanol–water partition coefficient (Wildman–Crippen LogP) is 0.933. The lowest BCUT2D eigenvalue weighted by atomic mass is 9.44. The Morgan fingerprint density at radius 2 is 1.37 bits per heavy atom. The van der Waals surface area contributed by atoms with E-state index in [-0.39, 0.29) is 29.6 Å². The van der Waals surface area contributed by atoms with Gasteiger partial charge < -0.3 is 78.7 Å². The molecule has 5 aliphatic heterocycles. The number of aliphatic hydroxyl groups excluding tert-OH is 8. The topological polar surface area (TPSA) is 236 Å². The average molecular weight is 857 g/mol. The van der Waals surface area contributed by atoms with Gasteiger partial charge in [-0.2, -0.15) is 0 Å². The van der Waals surface area contributed by atoms with Gasteiger partial charge in [-0.05, 0) is 111 Å². The van der Waals surface area contributed by atoms with Gasteiger partial charge in [-0.25, -0.2) is 0 Å². The van der Waals surface area contributed by atoms with E-state index in [0.29, 0.717) is 41.4 Å². The van der Waals surface area contributed by atoms with Crippen molar-refractivity contribution in [2.45, 2.75) is 203 Å². The van der Waals surface area contributed by atoms with Crippen molar-refractivity contribution >= 4 is 0 Å². The van der Waals surface area contributed by atoms with E-state index in [9.17, 15) is 40.9 Å². The minimum Gasteiger partial charge on any atom is -0.394 e. The Morgan fingerprint density at radius 1 is 0.633 bits per heavy atom. The van der Waals surface area contributed by atoms with Crippen LogP contribution in [0.25, 0.3) is 0 Å². The Balaban J connectivity index is 0.894. The second-order valence-corrected chi connectivity index (χ2v) is 21.1. The molecule has 16 heteroatoms. The first-order chi connectivity index (χ1) is 28.5. The number of hydrogen-bond acceptors (Lipinski definition) is 16. The summed E-state index contributed by atoms with van der Waals surface area (Å²) in [5, 5.41) is 85.2. The lowest BCUT2D eigenvalue weighted by Crippen LogP contribution is -2.66. The largest absolute Gasteiger partial charge is 0.394 e. The molecule has 0 amide bonds. The van der Waals surface area contributed by atoms with Crippen LogP contribution in [-0.4, -0.2) is 165 Å². The minimum absolute atomic E-state index is 0.125. The van der Waals surface area contributed by atoms with E-state index in [4.69, 9.17) is 37.9 Å². The molecule has 4 aliphatic carbocycles. The van der Waals surface area contributed by atoms with Gasteiger partial charge in [-0.1, -0.05) is 27.7 Å². The van der Waals surface area contributed by atoms with E-state index < -0.39 is 98.4 Å². The highest BCUT2D eigenvalue weighted by molar-refractivity contribution is 5.15. The Labute approximate surface area is 353 Å². The van der Waals surface area contributed by atoms with Gasteiger partial charge in [0.05, 0.1) is 38.1 Å². The van der Waals surface area contributed by atoms with Crippen molar-refractivity contribution in [1.29, 1.82) is 0 Å². The second kappa shape index (κ2) is 16.7. The maximum absolute atomic E-state index is 11.9. The zero-order chi connectivity index (χ0) is 42.6. The fourth-order valence-corrected chi connectivity index (χ4v) is 14.3. The number of aliphatic hydroxyl groups is 8. The lowest BCUT2D eigenvalue weighted by Gasteiger charge is -2.61. The molecule has 16 nitrogen and oxygen atoms in total. The number of fused-ring (bicyclic) bond motifs is 7. The highest BCUT2D eigenvalue weighted by Gasteiger charge is 2.69. The summed E-state index contributed by atoms with van der Waals surface area (Å²) in [7, 11) is 0. The molecule has 9 aliphatic rings. The molecule has 0 unspecified atom stereocenters. The molecule has 0 aromatic heterocycles. The highest BCUT2D eigenvalue weighted by atomic mass is 16.8. The van der Waals surface area contributed by atoms with E-state index in [1.54, 1.807) is 0 Å². The fourth-order valence-electron chi connectivity index (χ4n) is 14.3. The van der Waals surface area contributed by atoms with Crippen LogP contribution in [0.1, 0.15) is 98.8 Å². The summed E-state index contributed by atoms with van der Waals surface area (Å²) < 4.78 is 49.9. The first-order valence-corrected chi connectivity index (χ1v) is 23.1. The Bertz CT molecular complexity index is 1500. The molecule has 9 fully saturated rings. The van der Waals surface area contributed by atoms with Gasteiger partial charge in [0.1, 0.15) is 61.0 Å². The quantitative estimate of drug-likeness (QED) is 0.166. The summed E-state index contributed by atoms with van der Waals surface area (Å²) >= 11 is 0. The Kier molecular flexibility index (Phi) is 12.4. The van der Waals surface area contributed by atoms with Crippen molar-refractivity contribution < 1.29 is 78.7 Å². The molecular weight excluding hydrogens is 784 g/mol. The molecule has 8 N–H and O–H groups in total. The summed E-state index contributed by atoms with van der Waals surface area (Å²) in [5.74, 6) is 3.29. The maximum Gasteiger partial charge on any atom is 0.187 e. The molecule has 344 valence electrons. The van der Waals surface area contributed by atoms with Crippen molar-refractivity contribution in [3.8, 4) is 0 Å². The summed E-state index contributed by atoms with van der Waals surface area (Å²) in [6.45, 7) is 11.0. The average Bonchev–Trinajstić information content (AvgIpc) is 3.68. The van der Waals surface area contributed by atoms with Crippen molar-refractivity contribution in [1.82, 2.24) is 0 Å². The third kappa shape index (κ3) is 7.27. The van der Waals surface area contributed by atoms with Crippen LogP contribution >= 0.6 is 0 Å². The van der Waals surface area contributed by atoms with Crippen LogP contribution in [0.5, 0.6) is 0 Å². The number of rotatable bonds is 7. The van der Waals surface area contributed by atoms with Gasteiger partial charge >= 0.3 is 0 Å². The van der Waals surface area contributed by atoms with Crippen LogP contribution in [0, 0.1) is 52.3 Å². The van der Waals surface area contributed by atoms with E-state index in [2.05, 4.69) is 27.7 Å². The first kappa shape index (κ1) is 44.6. The minimum atomic E-state index is -1.69. The van der Waals surface area contributed by atoms with Gasteiger partial charge in [-0.3, -0.25) is 0 Å². The van der Waals surface area contributed by atoms with E-state index in [1.807, 2.05) is 0 Å². The van der Waals surface area contributed by atoms with Crippen LogP contribution in [0.4, 0.5) is 0 Å². The molecule has 0 radical (unpaired) electrons. The smallest absolute Gasteiger partial charge is 0.187 e. The number of hydrogen-bond donors (Lipinski definition) is 8. The summed E-state index contributed by atoms with van der Waals surface area (Å²) in [6, 6.07) is 0. The third-order valence-corrected chi connectivity index (χ3v) is 17.9. The summed E-state index contributed by atoms with van der Waals surface area (Å²) in [5.41, 5.74) is 0.354. The van der Waals surface area contributed by atoms with Crippen LogP contribution in [-0.2, 0) is 37.9 Å². The maximum atomic E-state index is 11.9. The Morgan fingerprint density at radius 3 is 2.10 bits per heavy atom. The zero-order valence-corrected chi connectivity index (χ0v) is 35.8. The lowest BCUT2D eigenvalue weighted by molar-refractivity contribution is -0.386. The van der Waals surface area contributed by atoms with Crippen LogP contribution < -0.4 is 0 Å². The third-order valence-electron chi connectivity index (χ3n) is 17.9. The van der Waals surface area contributed by atoms with Crippen molar-refractivity contribution in [3.63, 3.8) is 0 Å². The number of ether oxygens (including phenoxy) is 8. The van der Waals surface area contributed by atoms with Crippen molar-refractivity contribution in [2.24, 2.45) is 52.3 Å². The van der Waals surface area contributed by atoms with E-state index in [1.165, 1.54) is 19.8 Å².